The quantitative estimate of drug-likeness (QED) is 0.259. The summed E-state index contributed by atoms with van der Waals surface area (Å²) in [6.45, 7) is 3.67. The van der Waals surface area contributed by atoms with E-state index in [0.29, 0.717) is 39.1 Å². The summed E-state index contributed by atoms with van der Waals surface area (Å²) in [4.78, 5) is 44.0. The van der Waals surface area contributed by atoms with E-state index in [1.54, 1.807) is 49.1 Å². The fraction of sp³-hybridized carbons (Fsp3) is 0.167. The molecule has 13 nitrogen and oxygen atoms in total. The van der Waals surface area contributed by atoms with Gasteiger partial charge in [-0.05, 0) is 43.5 Å². The van der Waals surface area contributed by atoms with Crippen LogP contribution in [0.3, 0.4) is 0 Å². The number of fused-ring (bicyclic) bond motifs is 2. The Hall–Kier alpha value is -5.85. The molecule has 13 heteroatoms. The lowest BCUT2D eigenvalue weighted by molar-refractivity contribution is -0.144. The second kappa shape index (κ2) is 11.2. The number of anilines is 1. The second-order valence-corrected chi connectivity index (χ2v) is 9.76. The third kappa shape index (κ3) is 5.07. The topological polar surface area (TPSA) is 164 Å². The first-order valence-electron chi connectivity index (χ1n) is 13.6. The molecule has 216 valence electrons. The standard InChI is InChI=1S/C30H27N9O4/c1-3-43-24(40)17-37-16-22(34-36-37)21-12-7-9-19-15-23(39(30(42)25(19)21)20-10-5-4-6-11-20)18(2)33-29(41)26-27(31)35-38-14-8-13-32-28(26)38/h4-16,18H,3,17H2,1-2H3,(H2,31,35)(H,33,41)/t18-/m0/s1. The minimum Gasteiger partial charge on any atom is -0.465 e. The molecule has 0 saturated carbocycles. The molecule has 4 aromatic heterocycles. The van der Waals surface area contributed by atoms with Crippen molar-refractivity contribution in [1.82, 2.24) is 39.5 Å². The van der Waals surface area contributed by atoms with Crippen molar-refractivity contribution in [3.05, 3.63) is 101 Å². The molecule has 0 radical (unpaired) electrons. The Morgan fingerprint density at radius 1 is 1.09 bits per heavy atom. The van der Waals surface area contributed by atoms with Crippen molar-refractivity contribution in [2.45, 2.75) is 26.4 Å². The molecule has 3 N–H and O–H groups in total. The fourth-order valence-electron chi connectivity index (χ4n) is 5.06. The Labute approximate surface area is 244 Å². The van der Waals surface area contributed by atoms with Crippen molar-refractivity contribution < 1.29 is 14.3 Å². The minimum absolute atomic E-state index is 0.0445. The van der Waals surface area contributed by atoms with Crippen molar-refractivity contribution in [1.29, 1.82) is 0 Å². The number of pyridine rings is 1. The van der Waals surface area contributed by atoms with Crippen LogP contribution >= 0.6 is 0 Å². The number of rotatable bonds is 8. The molecule has 0 unspecified atom stereocenters. The average molecular weight is 578 g/mol. The number of nitrogen functional groups attached to an aromatic ring is 1. The first-order chi connectivity index (χ1) is 20.9. The Kier molecular flexibility index (Phi) is 7.12. The van der Waals surface area contributed by atoms with Gasteiger partial charge in [0.15, 0.2) is 11.5 Å². The van der Waals surface area contributed by atoms with Gasteiger partial charge in [-0.2, -0.15) is 0 Å². The predicted octanol–water partition coefficient (Wildman–Crippen LogP) is 2.93. The summed E-state index contributed by atoms with van der Waals surface area (Å²) < 4.78 is 9.38. The zero-order valence-electron chi connectivity index (χ0n) is 23.3. The van der Waals surface area contributed by atoms with E-state index in [0.717, 1.165) is 0 Å². The third-order valence-electron chi connectivity index (χ3n) is 6.94. The van der Waals surface area contributed by atoms with Crippen LogP contribution in [0.1, 0.15) is 35.9 Å². The molecule has 0 aliphatic heterocycles. The molecule has 2 aromatic carbocycles. The predicted molar refractivity (Wildman–Crippen MR) is 158 cm³/mol. The smallest absolute Gasteiger partial charge is 0.327 e. The van der Waals surface area contributed by atoms with Crippen molar-refractivity contribution in [3.8, 4) is 16.9 Å². The molecule has 1 amide bonds. The zero-order valence-corrected chi connectivity index (χ0v) is 23.3. The van der Waals surface area contributed by atoms with Gasteiger partial charge in [0.2, 0.25) is 0 Å². The van der Waals surface area contributed by atoms with Crippen LogP contribution in [0.4, 0.5) is 5.82 Å². The van der Waals surface area contributed by atoms with Gasteiger partial charge in [0, 0.05) is 29.3 Å². The van der Waals surface area contributed by atoms with Crippen LogP contribution in [0.5, 0.6) is 0 Å². The summed E-state index contributed by atoms with van der Waals surface area (Å²) in [5.74, 6) is -0.869. The van der Waals surface area contributed by atoms with Crippen molar-refractivity contribution in [3.63, 3.8) is 0 Å². The van der Waals surface area contributed by atoms with Gasteiger partial charge >= 0.3 is 5.97 Å². The van der Waals surface area contributed by atoms with Crippen LogP contribution in [0.15, 0.2) is 84.0 Å². The molecule has 1 atom stereocenters. The number of hydrogen-bond donors (Lipinski definition) is 2. The van der Waals surface area contributed by atoms with Gasteiger partial charge in [-0.1, -0.05) is 41.6 Å². The molecule has 6 rings (SSSR count). The number of benzene rings is 2. The number of nitrogens with two attached hydrogens (primary N) is 1. The van der Waals surface area contributed by atoms with Gasteiger partial charge in [0.05, 0.1) is 24.2 Å². The molecular weight excluding hydrogens is 550 g/mol. The monoisotopic (exact) mass is 577 g/mol. The van der Waals surface area contributed by atoms with Gasteiger partial charge in [0.1, 0.15) is 17.8 Å². The Balaban J connectivity index is 1.45. The van der Waals surface area contributed by atoms with E-state index in [2.05, 4.69) is 25.7 Å². The minimum atomic E-state index is -0.628. The molecule has 0 fully saturated rings. The molecule has 0 bridgehead atoms. The van der Waals surface area contributed by atoms with E-state index in [-0.39, 0.29) is 30.1 Å². The van der Waals surface area contributed by atoms with Crippen LogP contribution in [0.25, 0.3) is 33.4 Å². The lowest BCUT2D eigenvalue weighted by Gasteiger charge is -2.21. The highest BCUT2D eigenvalue weighted by molar-refractivity contribution is 6.04. The molecule has 0 spiro atoms. The first-order valence-corrected chi connectivity index (χ1v) is 13.6. The Bertz CT molecular complexity index is 2050. The summed E-state index contributed by atoms with van der Waals surface area (Å²) in [5.41, 5.74) is 8.37. The molecule has 6 aromatic rings. The molecule has 0 aliphatic carbocycles. The highest BCUT2D eigenvalue weighted by atomic mass is 16.5. The Morgan fingerprint density at radius 3 is 2.70 bits per heavy atom. The fourth-order valence-corrected chi connectivity index (χ4v) is 5.06. The van der Waals surface area contributed by atoms with E-state index in [1.165, 1.54) is 9.20 Å². The summed E-state index contributed by atoms with van der Waals surface area (Å²) in [6.07, 6.45) is 4.81. The maximum Gasteiger partial charge on any atom is 0.327 e. The van der Waals surface area contributed by atoms with E-state index >= 15 is 0 Å². The Morgan fingerprint density at radius 2 is 1.91 bits per heavy atom. The van der Waals surface area contributed by atoms with Gasteiger partial charge in [-0.25, -0.2) is 14.2 Å². The van der Waals surface area contributed by atoms with Gasteiger partial charge in [0.25, 0.3) is 11.5 Å². The molecule has 43 heavy (non-hydrogen) atoms. The lowest BCUT2D eigenvalue weighted by Crippen LogP contribution is -2.32. The molecule has 0 saturated heterocycles. The SMILES string of the molecule is CCOC(=O)Cn1cc(-c2cccc3cc([C@H](C)NC(=O)c4c(N)nn5cccnc45)n(-c4ccccc4)c(=O)c23)nn1. The summed E-state index contributed by atoms with van der Waals surface area (Å²) in [7, 11) is 0. The van der Waals surface area contributed by atoms with Crippen LogP contribution in [-0.2, 0) is 16.1 Å². The second-order valence-electron chi connectivity index (χ2n) is 9.76. The lowest BCUT2D eigenvalue weighted by atomic mass is 10.0. The van der Waals surface area contributed by atoms with Crippen molar-refractivity contribution >= 4 is 34.1 Å². The number of para-hydroxylation sites is 1. The largest absolute Gasteiger partial charge is 0.465 e. The number of nitrogens with zero attached hydrogens (tertiary/aromatic N) is 7. The number of carbonyl (C=O) groups is 2. The van der Waals surface area contributed by atoms with Crippen molar-refractivity contribution in [2.24, 2.45) is 0 Å². The van der Waals surface area contributed by atoms with Gasteiger partial charge in [-0.3, -0.25) is 19.0 Å². The summed E-state index contributed by atoms with van der Waals surface area (Å²) in [6, 6.07) is 17.5. The zero-order chi connectivity index (χ0) is 30.1. The number of esters is 1. The number of nitrogens with one attached hydrogen (secondary N) is 1. The van der Waals surface area contributed by atoms with Crippen LogP contribution < -0.4 is 16.6 Å². The summed E-state index contributed by atoms with van der Waals surface area (Å²) >= 11 is 0. The maximum absolute atomic E-state index is 14.3. The molecular formula is C30H27N9O4. The third-order valence-corrected chi connectivity index (χ3v) is 6.94. The van der Waals surface area contributed by atoms with E-state index in [4.69, 9.17) is 10.5 Å². The normalized spacial score (nSPS) is 12.0. The van der Waals surface area contributed by atoms with Gasteiger partial charge in [-0.15, -0.1) is 10.2 Å². The molecule has 4 heterocycles. The van der Waals surface area contributed by atoms with Crippen molar-refractivity contribution in [2.75, 3.05) is 12.3 Å². The first kappa shape index (κ1) is 27.3. The van der Waals surface area contributed by atoms with Gasteiger partial charge < -0.3 is 15.8 Å². The van der Waals surface area contributed by atoms with Crippen LogP contribution in [0.2, 0.25) is 0 Å². The highest BCUT2D eigenvalue weighted by Gasteiger charge is 2.24. The average Bonchev–Trinajstić information content (AvgIpc) is 3.60. The number of hydrogen-bond acceptors (Lipinski definition) is 9. The van der Waals surface area contributed by atoms with E-state index < -0.39 is 17.9 Å². The number of amides is 1. The number of carbonyl (C=O) groups excluding carboxylic acids is 2. The summed E-state index contributed by atoms with van der Waals surface area (Å²) in [5, 5.41) is 16.5. The van der Waals surface area contributed by atoms with E-state index in [9.17, 15) is 14.4 Å². The number of aromatic nitrogens is 7. The van der Waals surface area contributed by atoms with Crippen LogP contribution in [-0.4, -0.2) is 52.6 Å². The maximum atomic E-state index is 14.3. The molecule has 0 aliphatic rings. The van der Waals surface area contributed by atoms with Crippen LogP contribution in [0, 0.1) is 0 Å². The van der Waals surface area contributed by atoms with E-state index in [1.807, 2.05) is 48.5 Å². The number of ether oxygens (including phenoxy) is 1. The highest BCUT2D eigenvalue weighted by Crippen LogP contribution is 2.28.